The number of nitrogens with zero attached hydrogens (tertiary/aromatic N) is 2. The molecule has 0 aliphatic heterocycles. The molecule has 0 amide bonds. The van der Waals surface area contributed by atoms with Crippen LogP contribution in [0.1, 0.15) is 17.4 Å². The summed E-state index contributed by atoms with van der Waals surface area (Å²) < 4.78 is 13.3. The lowest BCUT2D eigenvalue weighted by Gasteiger charge is -2.25. The van der Waals surface area contributed by atoms with Crippen LogP contribution >= 0.6 is 0 Å². The fraction of sp³-hybridized carbons (Fsp3) is 0.357. The standard InChI is InChI=1S/C14H19FN4/c1-19(2)13(11-4-3-5-12(15)8-11)9-16-10-14-17-6-7-18-14/h3-8,13,16H,9-10H2,1-2H3,(H,17,18). The summed E-state index contributed by atoms with van der Waals surface area (Å²) in [6.07, 6.45) is 3.53. The summed E-state index contributed by atoms with van der Waals surface area (Å²) in [5.74, 6) is 0.701. The Morgan fingerprint density at radius 3 is 2.89 bits per heavy atom. The highest BCUT2D eigenvalue weighted by atomic mass is 19.1. The number of hydrogen-bond donors (Lipinski definition) is 2. The Morgan fingerprint density at radius 2 is 2.26 bits per heavy atom. The second kappa shape index (κ2) is 6.45. The van der Waals surface area contributed by atoms with Gasteiger partial charge in [-0.1, -0.05) is 12.1 Å². The molecule has 2 aromatic rings. The highest BCUT2D eigenvalue weighted by molar-refractivity contribution is 5.20. The van der Waals surface area contributed by atoms with Gasteiger partial charge in [0.2, 0.25) is 0 Å². The fourth-order valence-corrected chi connectivity index (χ4v) is 2.03. The van der Waals surface area contributed by atoms with Crippen LogP contribution < -0.4 is 5.32 Å². The van der Waals surface area contributed by atoms with Gasteiger partial charge in [-0.05, 0) is 31.8 Å². The number of benzene rings is 1. The smallest absolute Gasteiger partial charge is 0.123 e. The molecule has 0 spiro atoms. The molecular formula is C14H19FN4. The van der Waals surface area contributed by atoms with E-state index in [9.17, 15) is 4.39 Å². The van der Waals surface area contributed by atoms with Crippen LogP contribution in [0.5, 0.6) is 0 Å². The number of H-pyrrole nitrogens is 1. The Balaban J connectivity index is 1.96. The first-order chi connectivity index (χ1) is 9.16. The van der Waals surface area contributed by atoms with E-state index in [4.69, 9.17) is 0 Å². The lowest BCUT2D eigenvalue weighted by atomic mass is 10.1. The first-order valence-corrected chi connectivity index (χ1v) is 6.27. The summed E-state index contributed by atoms with van der Waals surface area (Å²) in [4.78, 5) is 9.27. The van der Waals surface area contributed by atoms with Crippen molar-refractivity contribution >= 4 is 0 Å². The van der Waals surface area contributed by atoms with Gasteiger partial charge in [-0.2, -0.15) is 0 Å². The van der Waals surface area contributed by atoms with E-state index in [0.717, 1.165) is 17.9 Å². The average molecular weight is 262 g/mol. The summed E-state index contributed by atoms with van der Waals surface area (Å²) in [5.41, 5.74) is 0.969. The highest BCUT2D eigenvalue weighted by Crippen LogP contribution is 2.18. The van der Waals surface area contributed by atoms with Gasteiger partial charge in [0.1, 0.15) is 11.6 Å². The van der Waals surface area contributed by atoms with Gasteiger partial charge in [0, 0.05) is 25.0 Å². The van der Waals surface area contributed by atoms with E-state index in [0.29, 0.717) is 6.54 Å². The van der Waals surface area contributed by atoms with Crippen LogP contribution in [0.2, 0.25) is 0 Å². The lowest BCUT2D eigenvalue weighted by Crippen LogP contribution is -2.31. The van der Waals surface area contributed by atoms with E-state index in [2.05, 4.69) is 20.2 Å². The van der Waals surface area contributed by atoms with Gasteiger partial charge in [-0.15, -0.1) is 0 Å². The predicted molar refractivity (Wildman–Crippen MR) is 73.1 cm³/mol. The molecule has 102 valence electrons. The molecule has 2 N–H and O–H groups in total. The molecule has 0 bridgehead atoms. The number of aromatic amines is 1. The van der Waals surface area contributed by atoms with Crippen LogP contribution in [-0.2, 0) is 6.54 Å². The van der Waals surface area contributed by atoms with E-state index in [1.54, 1.807) is 24.5 Å². The third kappa shape index (κ3) is 3.87. The van der Waals surface area contributed by atoms with Crippen molar-refractivity contribution in [1.29, 1.82) is 0 Å². The summed E-state index contributed by atoms with van der Waals surface area (Å²) in [6.45, 7) is 1.41. The average Bonchev–Trinajstić information content (AvgIpc) is 2.87. The van der Waals surface area contributed by atoms with E-state index in [1.807, 2.05) is 20.2 Å². The van der Waals surface area contributed by atoms with Crippen molar-refractivity contribution < 1.29 is 4.39 Å². The molecule has 1 aromatic carbocycles. The Kier molecular flexibility index (Phi) is 4.65. The van der Waals surface area contributed by atoms with Crippen LogP contribution in [0, 0.1) is 5.82 Å². The molecule has 0 aliphatic carbocycles. The van der Waals surface area contributed by atoms with Crippen LogP contribution in [0.4, 0.5) is 4.39 Å². The van der Waals surface area contributed by atoms with Crippen molar-refractivity contribution in [3.05, 3.63) is 53.9 Å². The van der Waals surface area contributed by atoms with E-state index >= 15 is 0 Å². The Labute approximate surface area is 112 Å². The zero-order valence-electron chi connectivity index (χ0n) is 11.2. The van der Waals surface area contributed by atoms with E-state index in [-0.39, 0.29) is 11.9 Å². The molecule has 5 heteroatoms. The lowest BCUT2D eigenvalue weighted by molar-refractivity contribution is 0.287. The molecule has 2 rings (SSSR count). The second-order valence-corrected chi connectivity index (χ2v) is 4.70. The molecule has 1 unspecified atom stereocenters. The first-order valence-electron chi connectivity index (χ1n) is 6.27. The maximum Gasteiger partial charge on any atom is 0.123 e. The van der Waals surface area contributed by atoms with Gasteiger partial charge < -0.3 is 15.2 Å². The molecule has 0 radical (unpaired) electrons. The van der Waals surface area contributed by atoms with E-state index < -0.39 is 0 Å². The molecule has 19 heavy (non-hydrogen) atoms. The number of likely N-dealkylation sites (N-methyl/N-ethyl adjacent to an activating group) is 1. The van der Waals surface area contributed by atoms with Crippen molar-refractivity contribution in [2.45, 2.75) is 12.6 Å². The van der Waals surface area contributed by atoms with Gasteiger partial charge in [0.15, 0.2) is 0 Å². The molecule has 1 atom stereocenters. The van der Waals surface area contributed by atoms with Crippen molar-refractivity contribution in [3.63, 3.8) is 0 Å². The Hall–Kier alpha value is -1.72. The summed E-state index contributed by atoms with van der Waals surface area (Å²) in [7, 11) is 3.98. The van der Waals surface area contributed by atoms with Crippen molar-refractivity contribution in [1.82, 2.24) is 20.2 Å². The number of rotatable bonds is 6. The van der Waals surface area contributed by atoms with Gasteiger partial charge >= 0.3 is 0 Å². The van der Waals surface area contributed by atoms with Gasteiger partial charge in [0.05, 0.1) is 6.54 Å². The predicted octanol–water partition coefficient (Wildman–Crippen LogP) is 1.94. The topological polar surface area (TPSA) is 44.0 Å². The van der Waals surface area contributed by atoms with Crippen molar-refractivity contribution in [2.24, 2.45) is 0 Å². The monoisotopic (exact) mass is 262 g/mol. The molecule has 0 saturated carbocycles. The number of hydrogen-bond acceptors (Lipinski definition) is 3. The minimum atomic E-state index is -0.199. The highest BCUT2D eigenvalue weighted by Gasteiger charge is 2.14. The van der Waals surface area contributed by atoms with Crippen LogP contribution in [-0.4, -0.2) is 35.5 Å². The fourth-order valence-electron chi connectivity index (χ4n) is 2.03. The molecule has 0 aliphatic rings. The van der Waals surface area contributed by atoms with Crippen LogP contribution in [0.3, 0.4) is 0 Å². The number of imidazole rings is 1. The minimum absolute atomic E-state index is 0.130. The van der Waals surface area contributed by atoms with Gasteiger partial charge in [0.25, 0.3) is 0 Å². The minimum Gasteiger partial charge on any atom is -0.348 e. The third-order valence-electron chi connectivity index (χ3n) is 3.04. The Morgan fingerprint density at radius 1 is 1.42 bits per heavy atom. The summed E-state index contributed by atoms with van der Waals surface area (Å²) in [6, 6.07) is 6.87. The largest absolute Gasteiger partial charge is 0.348 e. The van der Waals surface area contributed by atoms with Gasteiger partial charge in [-0.25, -0.2) is 9.37 Å². The molecular weight excluding hydrogens is 243 g/mol. The van der Waals surface area contributed by atoms with Crippen molar-refractivity contribution in [2.75, 3.05) is 20.6 Å². The molecule has 4 nitrogen and oxygen atoms in total. The maximum atomic E-state index is 13.3. The van der Waals surface area contributed by atoms with Crippen molar-refractivity contribution in [3.8, 4) is 0 Å². The first kappa shape index (κ1) is 13.7. The molecule has 1 heterocycles. The number of nitrogens with one attached hydrogen (secondary N) is 2. The number of aromatic nitrogens is 2. The quantitative estimate of drug-likeness (QED) is 0.836. The molecule has 0 fully saturated rings. The van der Waals surface area contributed by atoms with E-state index in [1.165, 1.54) is 6.07 Å². The maximum absolute atomic E-state index is 13.3. The normalized spacial score (nSPS) is 12.8. The summed E-state index contributed by atoms with van der Waals surface area (Å²) in [5, 5.41) is 3.33. The third-order valence-corrected chi connectivity index (χ3v) is 3.04. The zero-order valence-corrected chi connectivity index (χ0v) is 11.2. The van der Waals surface area contributed by atoms with Crippen LogP contribution in [0.25, 0.3) is 0 Å². The second-order valence-electron chi connectivity index (χ2n) is 4.70. The Bertz CT molecular complexity index is 496. The molecule has 0 saturated heterocycles. The van der Waals surface area contributed by atoms with Crippen LogP contribution in [0.15, 0.2) is 36.7 Å². The summed E-state index contributed by atoms with van der Waals surface area (Å²) >= 11 is 0. The zero-order chi connectivity index (χ0) is 13.7. The molecule has 1 aromatic heterocycles. The van der Waals surface area contributed by atoms with Gasteiger partial charge in [-0.3, -0.25) is 0 Å². The SMILES string of the molecule is CN(C)C(CNCc1ncc[nH]1)c1cccc(F)c1. The number of halogens is 1.